The maximum Gasteiger partial charge on any atom is 0.416 e. The van der Waals surface area contributed by atoms with Gasteiger partial charge in [-0.05, 0) is 61.9 Å². The van der Waals surface area contributed by atoms with Gasteiger partial charge in [0.15, 0.2) is 0 Å². The van der Waals surface area contributed by atoms with Crippen LogP contribution in [0.15, 0.2) is 83.8 Å². The maximum atomic E-state index is 13.8. The van der Waals surface area contributed by atoms with Gasteiger partial charge in [-0.1, -0.05) is 36.4 Å². The van der Waals surface area contributed by atoms with E-state index in [1.165, 1.54) is 49.3 Å². The fraction of sp³-hybridized carbons (Fsp3) is 0.286. The van der Waals surface area contributed by atoms with Crippen LogP contribution in [0.1, 0.15) is 25.0 Å². The number of hydrogen-bond donors (Lipinski definition) is 1. The number of amides is 2. The van der Waals surface area contributed by atoms with Crippen molar-refractivity contribution in [3.63, 3.8) is 0 Å². The zero-order valence-electron chi connectivity index (χ0n) is 22.2. The lowest BCUT2D eigenvalue weighted by molar-refractivity contribution is -0.139. The molecule has 8 nitrogen and oxygen atoms in total. The van der Waals surface area contributed by atoms with Crippen LogP contribution in [0.4, 0.5) is 18.9 Å². The second-order valence-corrected chi connectivity index (χ2v) is 10.7. The Bertz CT molecular complexity index is 1420. The monoisotopic (exact) mass is 577 g/mol. The molecular weight excluding hydrogens is 547 g/mol. The Kier molecular flexibility index (Phi) is 9.80. The highest BCUT2D eigenvalue weighted by molar-refractivity contribution is 7.92. The molecule has 0 aliphatic carbocycles. The molecule has 214 valence electrons. The van der Waals surface area contributed by atoms with Crippen molar-refractivity contribution in [3.8, 4) is 5.75 Å². The minimum atomic E-state index is -4.74. The van der Waals surface area contributed by atoms with Gasteiger partial charge in [0.2, 0.25) is 11.8 Å². The number of hydrogen-bond acceptors (Lipinski definition) is 5. The van der Waals surface area contributed by atoms with Crippen LogP contribution in [0.25, 0.3) is 0 Å². The average molecular weight is 578 g/mol. The highest BCUT2D eigenvalue weighted by Crippen LogP contribution is 2.33. The second-order valence-electron chi connectivity index (χ2n) is 8.81. The number of halogens is 3. The molecular formula is C28H30F3N3O5S. The van der Waals surface area contributed by atoms with Crippen LogP contribution >= 0.6 is 0 Å². The van der Waals surface area contributed by atoms with E-state index in [4.69, 9.17) is 4.74 Å². The van der Waals surface area contributed by atoms with Crippen LogP contribution < -0.4 is 14.4 Å². The molecule has 12 heteroatoms. The minimum Gasteiger partial charge on any atom is -0.497 e. The van der Waals surface area contributed by atoms with Crippen LogP contribution in [-0.2, 0) is 32.3 Å². The van der Waals surface area contributed by atoms with Crippen LogP contribution in [0.5, 0.6) is 5.75 Å². The van der Waals surface area contributed by atoms with Gasteiger partial charge in [0.05, 0.1) is 23.3 Å². The highest BCUT2D eigenvalue weighted by atomic mass is 32.2. The van der Waals surface area contributed by atoms with Gasteiger partial charge < -0.3 is 15.0 Å². The number of benzene rings is 3. The molecule has 1 atom stereocenters. The van der Waals surface area contributed by atoms with Gasteiger partial charge in [-0.15, -0.1) is 0 Å². The van der Waals surface area contributed by atoms with Gasteiger partial charge in [-0.25, -0.2) is 8.42 Å². The first-order valence-electron chi connectivity index (χ1n) is 12.3. The average Bonchev–Trinajstić information content (AvgIpc) is 2.94. The SMILES string of the molecule is CCNC(=O)[C@@H](C)N(Cc1ccc(OC)cc1)C(=O)CN(c1cccc(C(F)(F)F)c1)S(=O)(=O)c1ccccc1. The number of rotatable bonds is 11. The summed E-state index contributed by atoms with van der Waals surface area (Å²) in [6.45, 7) is 2.59. The Morgan fingerprint density at radius 1 is 0.975 bits per heavy atom. The summed E-state index contributed by atoms with van der Waals surface area (Å²) >= 11 is 0. The quantitative estimate of drug-likeness (QED) is 0.363. The summed E-state index contributed by atoms with van der Waals surface area (Å²) < 4.78 is 73.6. The first-order valence-corrected chi connectivity index (χ1v) is 13.8. The van der Waals surface area contributed by atoms with Gasteiger partial charge in [0.25, 0.3) is 10.0 Å². The first-order chi connectivity index (χ1) is 18.9. The van der Waals surface area contributed by atoms with Crippen molar-refractivity contribution in [1.82, 2.24) is 10.2 Å². The lowest BCUT2D eigenvalue weighted by Crippen LogP contribution is -2.51. The van der Waals surface area contributed by atoms with E-state index in [-0.39, 0.29) is 17.1 Å². The summed E-state index contributed by atoms with van der Waals surface area (Å²) in [4.78, 5) is 27.5. The number of methoxy groups -OCH3 is 1. The zero-order chi connectivity index (χ0) is 29.5. The van der Waals surface area contributed by atoms with Gasteiger partial charge in [-0.2, -0.15) is 13.2 Å². The predicted octanol–water partition coefficient (Wildman–Crippen LogP) is 4.46. The van der Waals surface area contributed by atoms with Crippen molar-refractivity contribution in [2.45, 2.75) is 37.5 Å². The number of nitrogens with one attached hydrogen (secondary N) is 1. The normalized spacial score (nSPS) is 12.3. The molecule has 0 spiro atoms. The lowest BCUT2D eigenvalue weighted by atomic mass is 10.1. The van der Waals surface area contributed by atoms with Crippen LogP contribution in [-0.4, -0.2) is 51.4 Å². The molecule has 1 N–H and O–H groups in total. The smallest absolute Gasteiger partial charge is 0.416 e. The van der Waals surface area contributed by atoms with E-state index in [0.717, 1.165) is 12.1 Å². The first kappa shape index (κ1) is 30.5. The third-order valence-corrected chi connectivity index (χ3v) is 7.89. The fourth-order valence-corrected chi connectivity index (χ4v) is 5.35. The number of nitrogens with zero attached hydrogens (tertiary/aromatic N) is 2. The van der Waals surface area contributed by atoms with Crippen molar-refractivity contribution >= 4 is 27.5 Å². The molecule has 0 saturated heterocycles. The molecule has 0 unspecified atom stereocenters. The second kappa shape index (κ2) is 12.9. The van der Waals surface area contributed by atoms with Crippen LogP contribution in [0.2, 0.25) is 0 Å². The molecule has 0 radical (unpaired) electrons. The number of carbonyl (C=O) groups excluding carboxylic acids is 2. The van der Waals surface area contributed by atoms with Crippen molar-refractivity contribution in [2.24, 2.45) is 0 Å². The number of anilines is 1. The van der Waals surface area contributed by atoms with Crippen LogP contribution in [0.3, 0.4) is 0 Å². The standard InChI is InChI=1S/C28H30F3N3O5S/c1-4-32-27(36)20(2)33(18-21-13-15-24(39-3)16-14-21)26(35)19-34(40(37,38)25-11-6-5-7-12-25)23-10-8-9-22(17-23)28(29,30)31/h5-17,20H,4,18-19H2,1-3H3,(H,32,36)/t20-/m1/s1. The number of alkyl halides is 3. The Balaban J connectivity index is 2.06. The minimum absolute atomic E-state index is 0.0665. The Labute approximate surface area is 231 Å². The molecule has 0 saturated carbocycles. The summed E-state index contributed by atoms with van der Waals surface area (Å²) in [5.41, 5.74) is -0.791. The van der Waals surface area contributed by atoms with Gasteiger partial charge in [0.1, 0.15) is 18.3 Å². The zero-order valence-corrected chi connectivity index (χ0v) is 23.0. The van der Waals surface area contributed by atoms with Gasteiger partial charge in [-0.3, -0.25) is 13.9 Å². The third-order valence-electron chi connectivity index (χ3n) is 6.10. The van der Waals surface area contributed by atoms with E-state index in [1.807, 2.05) is 0 Å². The Morgan fingerprint density at radius 3 is 2.20 bits per heavy atom. The van der Waals surface area contributed by atoms with Gasteiger partial charge >= 0.3 is 6.18 Å². The molecule has 0 aliphatic rings. The topological polar surface area (TPSA) is 96.0 Å². The molecule has 3 aromatic carbocycles. The summed E-state index contributed by atoms with van der Waals surface area (Å²) in [6.07, 6.45) is -4.74. The van der Waals surface area contributed by atoms with Gasteiger partial charge in [0, 0.05) is 13.1 Å². The van der Waals surface area contributed by atoms with E-state index in [9.17, 15) is 31.2 Å². The highest BCUT2D eigenvalue weighted by Gasteiger charge is 2.35. The summed E-state index contributed by atoms with van der Waals surface area (Å²) in [7, 11) is -2.98. The van der Waals surface area contributed by atoms with Crippen molar-refractivity contribution in [1.29, 1.82) is 0 Å². The van der Waals surface area contributed by atoms with Crippen molar-refractivity contribution in [2.75, 3.05) is 24.5 Å². The molecule has 0 fully saturated rings. The van der Waals surface area contributed by atoms with Crippen molar-refractivity contribution < 1.29 is 35.9 Å². The molecule has 0 heterocycles. The van der Waals surface area contributed by atoms with Crippen molar-refractivity contribution in [3.05, 3.63) is 90.0 Å². The molecule has 2 amide bonds. The summed E-state index contributed by atoms with van der Waals surface area (Å²) in [5, 5.41) is 2.64. The van der Waals surface area contributed by atoms with E-state index in [2.05, 4.69) is 5.32 Å². The molecule has 0 aliphatic heterocycles. The lowest BCUT2D eigenvalue weighted by Gasteiger charge is -2.32. The Morgan fingerprint density at radius 2 is 1.62 bits per heavy atom. The van der Waals surface area contributed by atoms with Crippen LogP contribution in [0, 0.1) is 0 Å². The molecule has 3 rings (SSSR count). The molecule has 0 bridgehead atoms. The molecule has 0 aromatic heterocycles. The Hall–Kier alpha value is -4.06. The third kappa shape index (κ3) is 7.32. The van der Waals surface area contributed by atoms with E-state index in [1.54, 1.807) is 37.3 Å². The van der Waals surface area contributed by atoms with E-state index in [0.29, 0.717) is 28.2 Å². The fourth-order valence-electron chi connectivity index (χ4n) is 3.92. The number of ether oxygens (including phenoxy) is 1. The summed E-state index contributed by atoms with van der Waals surface area (Å²) in [5.74, 6) is -0.685. The number of likely N-dealkylation sites (N-methyl/N-ethyl adjacent to an activating group) is 1. The number of carbonyl (C=O) groups is 2. The summed E-state index contributed by atoms with van der Waals surface area (Å²) in [6, 6.07) is 16.5. The van der Waals surface area contributed by atoms with E-state index < -0.39 is 46.2 Å². The maximum absolute atomic E-state index is 13.8. The van der Waals surface area contributed by atoms with E-state index >= 15 is 0 Å². The predicted molar refractivity (Wildman–Crippen MR) is 144 cm³/mol. The molecule has 40 heavy (non-hydrogen) atoms. The largest absolute Gasteiger partial charge is 0.497 e. The molecule has 3 aromatic rings. The number of sulfonamides is 1.